The van der Waals surface area contributed by atoms with Crippen molar-refractivity contribution >= 4 is 17.4 Å². The zero-order valence-electron chi connectivity index (χ0n) is 17.5. The van der Waals surface area contributed by atoms with Gasteiger partial charge in [-0.1, -0.05) is 6.58 Å². The highest BCUT2D eigenvalue weighted by atomic mass is 19.3. The largest absolute Gasteiger partial charge is 0.417 e. The van der Waals surface area contributed by atoms with Crippen molar-refractivity contribution in [2.45, 2.75) is 32.8 Å². The molecule has 0 spiro atoms. The molecule has 1 aromatic heterocycles. The van der Waals surface area contributed by atoms with Crippen molar-refractivity contribution in [1.29, 1.82) is 0 Å². The lowest BCUT2D eigenvalue weighted by atomic mass is 10.1. The van der Waals surface area contributed by atoms with Gasteiger partial charge < -0.3 is 15.8 Å². The zero-order valence-corrected chi connectivity index (χ0v) is 17.5. The number of halogens is 3. The van der Waals surface area contributed by atoms with Crippen LogP contribution in [-0.2, 0) is 4.74 Å². The van der Waals surface area contributed by atoms with Crippen molar-refractivity contribution in [3.05, 3.63) is 66.3 Å². The highest BCUT2D eigenvalue weighted by Crippen LogP contribution is 2.22. The molecule has 3 N–H and O–H groups in total. The summed E-state index contributed by atoms with van der Waals surface area (Å²) in [5.74, 6) is -0.851. The lowest BCUT2D eigenvalue weighted by Gasteiger charge is -2.08. The summed E-state index contributed by atoms with van der Waals surface area (Å²) in [5, 5.41) is 11.1. The fourth-order valence-corrected chi connectivity index (χ4v) is 2.69. The van der Waals surface area contributed by atoms with Crippen LogP contribution in [0.4, 0.5) is 19.0 Å². The van der Waals surface area contributed by atoms with Crippen molar-refractivity contribution in [3.8, 4) is 11.3 Å². The summed E-state index contributed by atoms with van der Waals surface area (Å²) in [6, 6.07) is 7.03. The first-order chi connectivity index (χ1) is 15.3. The number of nitrogens with two attached hydrogens (primary N) is 1. The van der Waals surface area contributed by atoms with Gasteiger partial charge >= 0.3 is 6.61 Å². The van der Waals surface area contributed by atoms with Crippen LogP contribution < -0.4 is 11.1 Å². The number of carbonyl (C=O) groups excluding carboxylic acids is 1. The van der Waals surface area contributed by atoms with Gasteiger partial charge in [0.15, 0.2) is 0 Å². The molecular weight excluding hydrogens is 423 g/mol. The van der Waals surface area contributed by atoms with Crippen molar-refractivity contribution in [2.24, 2.45) is 10.7 Å². The molecule has 1 aromatic carbocycles. The number of ether oxygens (including phenoxy) is 1. The third-order valence-electron chi connectivity index (χ3n) is 4.30. The Balaban J connectivity index is 1.86. The Morgan fingerprint density at radius 1 is 1.28 bits per heavy atom. The second kappa shape index (κ2) is 12.2. The fraction of sp³-hybridized carbons (Fsp3) is 0.273. The number of aliphatic imine (C=N–C) groups is 1. The van der Waals surface area contributed by atoms with Crippen LogP contribution in [0.5, 0.6) is 0 Å². The maximum atomic E-state index is 14.1. The molecule has 1 amide bonds. The third-order valence-corrected chi connectivity index (χ3v) is 4.30. The first-order valence-corrected chi connectivity index (χ1v) is 9.82. The number of allylic oxidation sites excluding steroid dienone is 2. The van der Waals surface area contributed by atoms with Crippen molar-refractivity contribution < 1.29 is 22.7 Å². The summed E-state index contributed by atoms with van der Waals surface area (Å²) in [5.41, 5.74) is 6.36. The number of hydrogen-bond donors (Lipinski definition) is 2. The summed E-state index contributed by atoms with van der Waals surface area (Å²) in [4.78, 5) is 15.3. The van der Waals surface area contributed by atoms with Gasteiger partial charge in [-0.25, -0.2) is 9.38 Å². The number of primary amides is 1. The van der Waals surface area contributed by atoms with E-state index in [0.29, 0.717) is 24.5 Å². The molecule has 32 heavy (non-hydrogen) atoms. The average Bonchev–Trinajstić information content (AvgIpc) is 2.77. The Bertz CT molecular complexity index is 992. The molecule has 0 saturated carbocycles. The van der Waals surface area contributed by atoms with Crippen LogP contribution in [0.1, 0.15) is 36.5 Å². The highest BCUT2D eigenvalue weighted by Gasteiger charge is 2.11. The number of carbonyl (C=O) groups is 1. The maximum absolute atomic E-state index is 14.1. The van der Waals surface area contributed by atoms with Crippen molar-refractivity contribution in [2.75, 3.05) is 11.9 Å². The van der Waals surface area contributed by atoms with E-state index in [1.54, 1.807) is 19.1 Å². The number of hydrogen-bond acceptors (Lipinski definition) is 6. The number of aromatic nitrogens is 2. The van der Waals surface area contributed by atoms with E-state index in [4.69, 9.17) is 5.73 Å². The lowest BCUT2D eigenvalue weighted by molar-refractivity contribution is -0.0966. The molecule has 2 rings (SSSR count). The van der Waals surface area contributed by atoms with E-state index < -0.39 is 18.3 Å². The number of benzene rings is 1. The molecule has 7 nitrogen and oxygen atoms in total. The van der Waals surface area contributed by atoms with Gasteiger partial charge in [-0.3, -0.25) is 4.79 Å². The number of anilines is 1. The number of nitrogens with zero attached hydrogens (tertiary/aromatic N) is 3. The predicted molar refractivity (Wildman–Crippen MR) is 117 cm³/mol. The predicted octanol–water partition coefficient (Wildman–Crippen LogP) is 4.69. The van der Waals surface area contributed by atoms with Crippen molar-refractivity contribution in [1.82, 2.24) is 10.2 Å². The summed E-state index contributed by atoms with van der Waals surface area (Å²) >= 11 is 0. The van der Waals surface area contributed by atoms with Gasteiger partial charge in [0.2, 0.25) is 11.8 Å². The number of amides is 1. The minimum absolute atomic E-state index is 0.132. The first kappa shape index (κ1) is 24.6. The van der Waals surface area contributed by atoms with Crippen LogP contribution in [0.25, 0.3) is 11.3 Å². The molecule has 0 saturated heterocycles. The van der Waals surface area contributed by atoms with Gasteiger partial charge in [0, 0.05) is 23.4 Å². The smallest absolute Gasteiger partial charge is 0.388 e. The van der Waals surface area contributed by atoms with E-state index >= 15 is 0 Å². The molecule has 0 aliphatic rings. The average molecular weight is 447 g/mol. The topological polar surface area (TPSA) is 102 Å². The van der Waals surface area contributed by atoms with Crippen LogP contribution in [-0.4, -0.2) is 35.0 Å². The Morgan fingerprint density at radius 3 is 2.66 bits per heavy atom. The normalized spacial score (nSPS) is 12.0. The number of rotatable bonds is 12. The Morgan fingerprint density at radius 2 is 2.06 bits per heavy atom. The summed E-state index contributed by atoms with van der Waals surface area (Å²) in [7, 11) is 0. The van der Waals surface area contributed by atoms with E-state index in [1.807, 2.05) is 0 Å². The highest BCUT2D eigenvalue weighted by molar-refractivity contribution is 5.95. The molecule has 0 bridgehead atoms. The second-order valence-corrected chi connectivity index (χ2v) is 6.56. The molecule has 0 fully saturated rings. The van der Waals surface area contributed by atoms with Crippen LogP contribution in [0.3, 0.4) is 0 Å². The molecule has 1 heterocycles. The number of unbranched alkanes of at least 4 members (excludes halogenated alkanes) is 1. The molecule has 0 atom stereocenters. The zero-order chi connectivity index (χ0) is 23.5. The van der Waals surface area contributed by atoms with Crippen LogP contribution in [0.2, 0.25) is 0 Å². The van der Waals surface area contributed by atoms with Gasteiger partial charge in [-0.05, 0) is 68.7 Å². The Kier molecular flexibility index (Phi) is 9.40. The van der Waals surface area contributed by atoms with Crippen LogP contribution in [0, 0.1) is 5.82 Å². The lowest BCUT2D eigenvalue weighted by Crippen LogP contribution is -2.11. The SMILES string of the molecule is C=C/C(CCCCNc1ccc(-c2cc(C(N)=O)ccc2F)nn1)=N\C(=C/C)OC(F)F. The molecule has 0 unspecified atom stereocenters. The first-order valence-electron chi connectivity index (χ1n) is 9.82. The summed E-state index contributed by atoms with van der Waals surface area (Å²) in [6.07, 6.45) is 4.86. The van der Waals surface area contributed by atoms with Crippen molar-refractivity contribution in [3.63, 3.8) is 0 Å². The van der Waals surface area contributed by atoms with E-state index in [9.17, 15) is 18.0 Å². The Hall–Kier alpha value is -3.69. The van der Waals surface area contributed by atoms with Gasteiger partial charge in [-0.2, -0.15) is 8.78 Å². The number of nitrogens with one attached hydrogen (secondary N) is 1. The maximum Gasteiger partial charge on any atom is 0.388 e. The van der Waals surface area contributed by atoms with Crippen LogP contribution in [0.15, 0.2) is 59.9 Å². The Labute approximate surface area is 183 Å². The molecule has 0 aliphatic heterocycles. The quantitative estimate of drug-likeness (QED) is 0.279. The van der Waals surface area contributed by atoms with Gasteiger partial charge in [0.25, 0.3) is 0 Å². The van der Waals surface area contributed by atoms with E-state index in [0.717, 1.165) is 18.9 Å². The molecule has 0 aliphatic carbocycles. The molecule has 2 aromatic rings. The van der Waals surface area contributed by atoms with Gasteiger partial charge in [-0.15, -0.1) is 10.2 Å². The standard InChI is InChI=1S/C22H24F3N5O2/c1-3-15(28-20(4-2)32-22(24)25)7-5-6-12-27-19-11-10-18(29-30-19)16-13-14(21(26)31)8-9-17(16)23/h3-4,8-11,13,22H,1,5-7,12H2,2H3,(H2,26,31)(H,27,30)/b20-4+,28-15+. The van der Waals surface area contributed by atoms with Crippen LogP contribution >= 0.6 is 0 Å². The molecule has 170 valence electrons. The third kappa shape index (κ3) is 7.53. The van der Waals surface area contributed by atoms with E-state index in [2.05, 4.69) is 31.8 Å². The van der Waals surface area contributed by atoms with Gasteiger partial charge in [0.05, 0.1) is 5.69 Å². The second-order valence-electron chi connectivity index (χ2n) is 6.56. The monoisotopic (exact) mass is 447 g/mol. The minimum Gasteiger partial charge on any atom is -0.417 e. The molecule has 10 heteroatoms. The molecule has 0 radical (unpaired) electrons. The van der Waals surface area contributed by atoms with Gasteiger partial charge in [0.1, 0.15) is 11.6 Å². The summed E-state index contributed by atoms with van der Waals surface area (Å²) < 4.78 is 43.0. The van der Waals surface area contributed by atoms with E-state index in [1.165, 1.54) is 24.3 Å². The van der Waals surface area contributed by atoms with E-state index in [-0.39, 0.29) is 22.7 Å². The fourth-order valence-electron chi connectivity index (χ4n) is 2.69. The summed E-state index contributed by atoms with van der Waals surface area (Å²) in [6.45, 7) is 2.84. The number of alkyl halides is 2. The molecular formula is C22H24F3N5O2. The minimum atomic E-state index is -2.93.